The SMILES string of the molecule is CCOc1ccc(N2CC(c3nc4ccccc4n3CCCCOc3ccc(Cl)cc3)CC2=O)cc1. The van der Waals surface area contributed by atoms with E-state index in [0.717, 1.165) is 53.4 Å². The number of aryl methyl sites for hydroxylation is 1. The molecule has 1 atom stereocenters. The van der Waals surface area contributed by atoms with E-state index in [4.69, 9.17) is 26.1 Å². The van der Waals surface area contributed by atoms with Crippen LogP contribution < -0.4 is 14.4 Å². The second-order valence-electron chi connectivity index (χ2n) is 8.95. The van der Waals surface area contributed by atoms with Gasteiger partial charge in [0.1, 0.15) is 17.3 Å². The minimum atomic E-state index is 0.0433. The first kappa shape index (κ1) is 24.2. The highest BCUT2D eigenvalue weighted by atomic mass is 35.5. The zero-order chi connectivity index (χ0) is 24.9. The molecule has 0 saturated carbocycles. The summed E-state index contributed by atoms with van der Waals surface area (Å²) in [5, 5.41) is 0.702. The van der Waals surface area contributed by atoms with Crippen molar-refractivity contribution in [2.24, 2.45) is 0 Å². The van der Waals surface area contributed by atoms with Crippen molar-refractivity contribution in [3.8, 4) is 11.5 Å². The summed E-state index contributed by atoms with van der Waals surface area (Å²) >= 11 is 5.95. The Hall–Kier alpha value is -3.51. The van der Waals surface area contributed by atoms with Gasteiger partial charge >= 0.3 is 0 Å². The van der Waals surface area contributed by atoms with Gasteiger partial charge in [0.25, 0.3) is 0 Å². The zero-order valence-electron chi connectivity index (χ0n) is 20.4. The predicted octanol–water partition coefficient (Wildman–Crippen LogP) is 6.47. The number of carbonyl (C=O) groups is 1. The van der Waals surface area contributed by atoms with E-state index in [2.05, 4.69) is 10.6 Å². The number of aromatic nitrogens is 2. The smallest absolute Gasteiger partial charge is 0.227 e. The highest BCUT2D eigenvalue weighted by Gasteiger charge is 2.34. The lowest BCUT2D eigenvalue weighted by atomic mass is 10.1. The van der Waals surface area contributed by atoms with Crippen molar-refractivity contribution in [1.82, 2.24) is 9.55 Å². The molecule has 1 aliphatic rings. The molecule has 0 radical (unpaired) electrons. The third kappa shape index (κ3) is 5.34. The molecule has 1 aromatic heterocycles. The number of halogens is 1. The summed E-state index contributed by atoms with van der Waals surface area (Å²) in [6, 6.07) is 23.4. The van der Waals surface area contributed by atoms with Crippen molar-refractivity contribution in [2.75, 3.05) is 24.7 Å². The molecule has 0 spiro atoms. The maximum atomic E-state index is 13.0. The summed E-state index contributed by atoms with van der Waals surface area (Å²) < 4.78 is 13.7. The van der Waals surface area contributed by atoms with E-state index in [9.17, 15) is 4.79 Å². The Morgan fingerprint density at radius 1 is 0.944 bits per heavy atom. The van der Waals surface area contributed by atoms with Gasteiger partial charge in [0, 0.05) is 36.1 Å². The number of imidazole rings is 1. The fourth-order valence-electron chi connectivity index (χ4n) is 4.75. The van der Waals surface area contributed by atoms with Crippen molar-refractivity contribution in [3.05, 3.63) is 83.6 Å². The number of unbranched alkanes of at least 4 members (excludes halogenated alkanes) is 1. The molecule has 6 nitrogen and oxygen atoms in total. The van der Waals surface area contributed by atoms with Gasteiger partial charge in [-0.2, -0.15) is 0 Å². The second kappa shape index (κ2) is 11.0. The molecule has 1 amide bonds. The van der Waals surface area contributed by atoms with Crippen LogP contribution >= 0.6 is 11.6 Å². The number of nitrogens with zero attached hydrogens (tertiary/aromatic N) is 3. The van der Waals surface area contributed by atoms with E-state index < -0.39 is 0 Å². The van der Waals surface area contributed by atoms with Crippen molar-refractivity contribution >= 4 is 34.2 Å². The van der Waals surface area contributed by atoms with Gasteiger partial charge in [0.15, 0.2) is 0 Å². The van der Waals surface area contributed by atoms with E-state index >= 15 is 0 Å². The van der Waals surface area contributed by atoms with Crippen LogP contribution in [0.1, 0.15) is 37.9 Å². The molecule has 1 unspecified atom stereocenters. The van der Waals surface area contributed by atoms with Crippen LogP contribution in [-0.2, 0) is 11.3 Å². The minimum absolute atomic E-state index is 0.0433. The molecule has 1 aliphatic heterocycles. The van der Waals surface area contributed by atoms with Crippen LogP contribution in [0, 0.1) is 0 Å². The summed E-state index contributed by atoms with van der Waals surface area (Å²) in [6.07, 6.45) is 2.32. The largest absolute Gasteiger partial charge is 0.494 e. The number of hydrogen-bond donors (Lipinski definition) is 0. The van der Waals surface area contributed by atoms with Gasteiger partial charge in [-0.3, -0.25) is 4.79 Å². The molecule has 2 heterocycles. The Morgan fingerprint density at radius 3 is 2.44 bits per heavy atom. The zero-order valence-corrected chi connectivity index (χ0v) is 21.2. The van der Waals surface area contributed by atoms with Gasteiger partial charge < -0.3 is 18.9 Å². The quantitative estimate of drug-likeness (QED) is 0.233. The third-order valence-corrected chi connectivity index (χ3v) is 6.74. The van der Waals surface area contributed by atoms with E-state index in [1.807, 2.05) is 78.6 Å². The van der Waals surface area contributed by atoms with Crippen LogP contribution in [-0.4, -0.2) is 35.2 Å². The molecule has 36 heavy (non-hydrogen) atoms. The first-order valence-electron chi connectivity index (χ1n) is 12.5. The predicted molar refractivity (Wildman–Crippen MR) is 143 cm³/mol. The fourth-order valence-corrected chi connectivity index (χ4v) is 4.88. The van der Waals surface area contributed by atoms with Gasteiger partial charge in [-0.25, -0.2) is 4.98 Å². The molecule has 5 rings (SSSR count). The van der Waals surface area contributed by atoms with E-state index in [1.165, 1.54) is 0 Å². The average Bonchev–Trinajstić information content (AvgIpc) is 3.46. The summed E-state index contributed by atoms with van der Waals surface area (Å²) in [6.45, 7) is 4.66. The second-order valence-corrected chi connectivity index (χ2v) is 9.39. The molecule has 7 heteroatoms. The standard InChI is InChI=1S/C29H30ClN3O3/c1-2-35-24-15-11-23(12-16-24)33-20-21(19-28(33)34)29-31-26-7-3-4-8-27(26)32(29)17-5-6-18-36-25-13-9-22(30)10-14-25/h3-4,7-16,21H,2,5-6,17-20H2,1H3. The lowest BCUT2D eigenvalue weighted by Crippen LogP contribution is -2.24. The number of ether oxygens (including phenoxy) is 2. The molecule has 3 aromatic carbocycles. The van der Waals surface area contributed by atoms with Crippen molar-refractivity contribution < 1.29 is 14.3 Å². The van der Waals surface area contributed by atoms with Gasteiger partial charge in [-0.1, -0.05) is 23.7 Å². The average molecular weight is 504 g/mol. The highest BCUT2D eigenvalue weighted by Crippen LogP contribution is 2.34. The molecule has 0 bridgehead atoms. The lowest BCUT2D eigenvalue weighted by molar-refractivity contribution is -0.117. The maximum Gasteiger partial charge on any atom is 0.227 e. The van der Waals surface area contributed by atoms with Gasteiger partial charge in [0.05, 0.1) is 24.2 Å². The van der Waals surface area contributed by atoms with Gasteiger partial charge in [-0.05, 0) is 80.4 Å². The number of fused-ring (bicyclic) bond motifs is 1. The molecular formula is C29H30ClN3O3. The van der Waals surface area contributed by atoms with E-state index in [0.29, 0.717) is 31.2 Å². The van der Waals surface area contributed by atoms with Crippen LogP contribution in [0.3, 0.4) is 0 Å². The van der Waals surface area contributed by atoms with Crippen LogP contribution in [0.5, 0.6) is 11.5 Å². The first-order valence-corrected chi connectivity index (χ1v) is 12.9. The minimum Gasteiger partial charge on any atom is -0.494 e. The summed E-state index contributed by atoms with van der Waals surface area (Å²) in [7, 11) is 0. The fraction of sp³-hybridized carbons (Fsp3) is 0.310. The number of anilines is 1. The van der Waals surface area contributed by atoms with Crippen molar-refractivity contribution in [1.29, 1.82) is 0 Å². The molecule has 186 valence electrons. The highest BCUT2D eigenvalue weighted by molar-refractivity contribution is 6.30. The molecule has 4 aromatic rings. The number of hydrogen-bond acceptors (Lipinski definition) is 4. The third-order valence-electron chi connectivity index (χ3n) is 6.49. The van der Waals surface area contributed by atoms with Crippen molar-refractivity contribution in [2.45, 2.75) is 38.6 Å². The van der Waals surface area contributed by atoms with Crippen molar-refractivity contribution in [3.63, 3.8) is 0 Å². The van der Waals surface area contributed by atoms with Crippen LogP contribution in [0.4, 0.5) is 5.69 Å². The summed E-state index contributed by atoms with van der Waals surface area (Å²) in [5.74, 6) is 2.79. The van der Waals surface area contributed by atoms with Crippen LogP contribution in [0.15, 0.2) is 72.8 Å². The molecule has 1 saturated heterocycles. The Balaban J connectivity index is 1.27. The molecular weight excluding hydrogens is 474 g/mol. The molecule has 0 N–H and O–H groups in total. The maximum absolute atomic E-state index is 13.0. The van der Waals surface area contributed by atoms with Crippen LogP contribution in [0.2, 0.25) is 5.02 Å². The number of carbonyl (C=O) groups excluding carboxylic acids is 1. The number of rotatable bonds is 10. The summed E-state index contributed by atoms with van der Waals surface area (Å²) in [4.78, 5) is 19.8. The topological polar surface area (TPSA) is 56.6 Å². The Bertz CT molecular complexity index is 1320. The Morgan fingerprint density at radius 2 is 1.67 bits per heavy atom. The first-order chi connectivity index (χ1) is 17.6. The normalized spacial score (nSPS) is 15.6. The number of para-hydroxylation sites is 2. The Kier molecular flexibility index (Phi) is 7.42. The lowest BCUT2D eigenvalue weighted by Gasteiger charge is -2.18. The van der Waals surface area contributed by atoms with E-state index in [1.54, 1.807) is 0 Å². The van der Waals surface area contributed by atoms with Gasteiger partial charge in [-0.15, -0.1) is 0 Å². The van der Waals surface area contributed by atoms with E-state index in [-0.39, 0.29) is 11.8 Å². The monoisotopic (exact) mass is 503 g/mol. The Labute approximate surface area is 216 Å². The summed E-state index contributed by atoms with van der Waals surface area (Å²) in [5.41, 5.74) is 2.97. The van der Waals surface area contributed by atoms with Crippen LogP contribution in [0.25, 0.3) is 11.0 Å². The molecule has 0 aliphatic carbocycles. The number of amides is 1. The number of benzene rings is 3. The molecule has 1 fully saturated rings. The van der Waals surface area contributed by atoms with Gasteiger partial charge in [0.2, 0.25) is 5.91 Å².